The average Bonchev–Trinajstić information content (AvgIpc) is 2.85. The molecule has 1 saturated carbocycles. The van der Waals surface area contributed by atoms with Gasteiger partial charge in [0.25, 0.3) is 0 Å². The van der Waals surface area contributed by atoms with Crippen LogP contribution in [0.4, 0.5) is 11.8 Å². The molecule has 4 N–H and O–H groups in total. The summed E-state index contributed by atoms with van der Waals surface area (Å²) in [4.78, 5) is 8.32. The fraction of sp³-hybridized carbons (Fsp3) is 0.714. The SMILES string of the molecule is CC(C)CC1(CNc2ccnc(NN)n2)CCCC1. The lowest BCUT2D eigenvalue weighted by Crippen LogP contribution is -2.28. The number of aromatic nitrogens is 2. The fourth-order valence-corrected chi connectivity index (χ4v) is 3.25. The van der Waals surface area contributed by atoms with Crippen LogP contribution in [0.5, 0.6) is 0 Å². The third-order valence-corrected chi connectivity index (χ3v) is 3.93. The molecule has 0 aromatic carbocycles. The number of nitrogens with one attached hydrogen (secondary N) is 2. The molecule has 1 aromatic rings. The first kappa shape index (κ1) is 14.1. The molecule has 19 heavy (non-hydrogen) atoms. The van der Waals surface area contributed by atoms with E-state index in [1.54, 1.807) is 6.20 Å². The average molecular weight is 263 g/mol. The highest BCUT2D eigenvalue weighted by Crippen LogP contribution is 2.43. The molecule has 0 bridgehead atoms. The van der Waals surface area contributed by atoms with Crippen molar-refractivity contribution in [1.82, 2.24) is 9.97 Å². The van der Waals surface area contributed by atoms with Crippen molar-refractivity contribution in [2.45, 2.75) is 46.0 Å². The van der Waals surface area contributed by atoms with Gasteiger partial charge in [0.15, 0.2) is 0 Å². The zero-order valence-electron chi connectivity index (χ0n) is 11.9. The van der Waals surface area contributed by atoms with Crippen molar-refractivity contribution in [2.75, 3.05) is 17.3 Å². The number of anilines is 2. The van der Waals surface area contributed by atoms with Crippen LogP contribution in [0.15, 0.2) is 12.3 Å². The van der Waals surface area contributed by atoms with Gasteiger partial charge in [0.2, 0.25) is 5.95 Å². The third kappa shape index (κ3) is 3.80. The molecule has 0 radical (unpaired) electrons. The molecule has 0 spiro atoms. The van der Waals surface area contributed by atoms with E-state index in [0.717, 1.165) is 18.3 Å². The second-order valence-electron chi connectivity index (χ2n) is 6.07. The minimum Gasteiger partial charge on any atom is -0.369 e. The van der Waals surface area contributed by atoms with E-state index >= 15 is 0 Å². The van der Waals surface area contributed by atoms with Gasteiger partial charge in [0.05, 0.1) is 0 Å². The van der Waals surface area contributed by atoms with Crippen LogP contribution in [0.25, 0.3) is 0 Å². The number of hydrazine groups is 1. The van der Waals surface area contributed by atoms with E-state index in [1.165, 1.54) is 32.1 Å². The fourth-order valence-electron chi connectivity index (χ4n) is 3.25. The van der Waals surface area contributed by atoms with Crippen molar-refractivity contribution >= 4 is 11.8 Å². The number of nitrogens with zero attached hydrogens (tertiary/aromatic N) is 2. The highest BCUT2D eigenvalue weighted by molar-refractivity contribution is 5.39. The van der Waals surface area contributed by atoms with E-state index in [2.05, 4.69) is 34.6 Å². The maximum Gasteiger partial charge on any atom is 0.239 e. The maximum absolute atomic E-state index is 5.33. The first-order valence-electron chi connectivity index (χ1n) is 7.17. The molecule has 0 amide bonds. The normalized spacial score (nSPS) is 17.7. The van der Waals surface area contributed by atoms with Gasteiger partial charge >= 0.3 is 0 Å². The van der Waals surface area contributed by atoms with E-state index in [9.17, 15) is 0 Å². The molecule has 0 saturated heterocycles. The number of nitrogen functional groups attached to an aromatic ring is 1. The Labute approximate surface area is 115 Å². The lowest BCUT2D eigenvalue weighted by molar-refractivity contribution is 0.252. The van der Waals surface area contributed by atoms with Crippen LogP contribution in [-0.4, -0.2) is 16.5 Å². The van der Waals surface area contributed by atoms with Crippen LogP contribution >= 0.6 is 0 Å². The lowest BCUT2D eigenvalue weighted by atomic mass is 9.78. The third-order valence-electron chi connectivity index (χ3n) is 3.93. The molecule has 0 atom stereocenters. The molecule has 0 unspecified atom stereocenters. The Morgan fingerprint density at radius 1 is 1.37 bits per heavy atom. The Kier molecular flexibility index (Phi) is 4.58. The van der Waals surface area contributed by atoms with Crippen molar-refractivity contribution in [3.63, 3.8) is 0 Å². The summed E-state index contributed by atoms with van der Waals surface area (Å²) in [6.45, 7) is 5.61. The minimum absolute atomic E-state index is 0.440. The van der Waals surface area contributed by atoms with Crippen molar-refractivity contribution in [1.29, 1.82) is 0 Å². The van der Waals surface area contributed by atoms with Crippen LogP contribution in [0.1, 0.15) is 46.0 Å². The standard InChI is InChI=1S/C14H25N5/c1-11(2)9-14(6-3-4-7-14)10-17-12-5-8-16-13(18-12)19-15/h5,8,11H,3-4,6-7,9-10,15H2,1-2H3,(H2,16,17,18,19). The molecule has 1 aliphatic rings. The van der Waals surface area contributed by atoms with Gasteiger partial charge in [0, 0.05) is 12.7 Å². The van der Waals surface area contributed by atoms with Crippen LogP contribution < -0.4 is 16.6 Å². The number of nitrogens with two attached hydrogens (primary N) is 1. The second-order valence-corrected chi connectivity index (χ2v) is 6.07. The number of hydrogen-bond donors (Lipinski definition) is 3. The summed E-state index contributed by atoms with van der Waals surface area (Å²) in [5.74, 6) is 7.37. The van der Waals surface area contributed by atoms with Gasteiger partial charge in [-0.3, -0.25) is 5.43 Å². The van der Waals surface area contributed by atoms with Crippen LogP contribution in [0, 0.1) is 11.3 Å². The molecule has 1 heterocycles. The summed E-state index contributed by atoms with van der Waals surface area (Å²) in [7, 11) is 0. The summed E-state index contributed by atoms with van der Waals surface area (Å²) in [5, 5.41) is 3.46. The van der Waals surface area contributed by atoms with Gasteiger partial charge in [-0.25, -0.2) is 10.8 Å². The van der Waals surface area contributed by atoms with E-state index in [-0.39, 0.29) is 0 Å². The molecule has 1 aliphatic carbocycles. The Morgan fingerprint density at radius 2 is 2.11 bits per heavy atom. The van der Waals surface area contributed by atoms with Crippen molar-refractivity contribution < 1.29 is 0 Å². The number of hydrogen-bond acceptors (Lipinski definition) is 5. The highest BCUT2D eigenvalue weighted by atomic mass is 15.3. The monoisotopic (exact) mass is 263 g/mol. The number of rotatable bonds is 6. The molecule has 1 aromatic heterocycles. The minimum atomic E-state index is 0.440. The van der Waals surface area contributed by atoms with Crippen molar-refractivity contribution in [3.8, 4) is 0 Å². The van der Waals surface area contributed by atoms with Gasteiger partial charge < -0.3 is 5.32 Å². The molecule has 5 heteroatoms. The summed E-state index contributed by atoms with van der Waals surface area (Å²) < 4.78 is 0. The largest absolute Gasteiger partial charge is 0.369 e. The molecular weight excluding hydrogens is 238 g/mol. The molecule has 106 valence electrons. The van der Waals surface area contributed by atoms with Crippen molar-refractivity contribution in [3.05, 3.63) is 12.3 Å². The second kappa shape index (κ2) is 6.19. The lowest BCUT2D eigenvalue weighted by Gasteiger charge is -2.31. The first-order chi connectivity index (χ1) is 9.13. The molecule has 1 fully saturated rings. The maximum atomic E-state index is 5.33. The van der Waals surface area contributed by atoms with Crippen LogP contribution in [0.3, 0.4) is 0 Å². The quantitative estimate of drug-likeness (QED) is 0.543. The van der Waals surface area contributed by atoms with E-state index in [1.807, 2.05) is 6.07 Å². The van der Waals surface area contributed by atoms with Gasteiger partial charge in [-0.2, -0.15) is 4.98 Å². The smallest absolute Gasteiger partial charge is 0.239 e. The summed E-state index contributed by atoms with van der Waals surface area (Å²) in [6.07, 6.45) is 8.36. The predicted molar refractivity (Wildman–Crippen MR) is 78.7 cm³/mol. The van der Waals surface area contributed by atoms with Gasteiger partial charge in [0.1, 0.15) is 5.82 Å². The predicted octanol–water partition coefficient (Wildman–Crippen LogP) is 2.78. The Morgan fingerprint density at radius 3 is 2.74 bits per heavy atom. The topological polar surface area (TPSA) is 75.9 Å². The van der Waals surface area contributed by atoms with E-state index in [4.69, 9.17) is 5.84 Å². The summed E-state index contributed by atoms with van der Waals surface area (Å²) >= 11 is 0. The highest BCUT2D eigenvalue weighted by Gasteiger charge is 2.34. The molecule has 5 nitrogen and oxygen atoms in total. The van der Waals surface area contributed by atoms with Gasteiger partial charge in [-0.15, -0.1) is 0 Å². The summed E-state index contributed by atoms with van der Waals surface area (Å²) in [6, 6.07) is 1.89. The Balaban J connectivity index is 1.98. The van der Waals surface area contributed by atoms with E-state index in [0.29, 0.717) is 11.4 Å². The zero-order chi connectivity index (χ0) is 13.7. The molecule has 0 aliphatic heterocycles. The van der Waals surface area contributed by atoms with Crippen molar-refractivity contribution in [2.24, 2.45) is 17.2 Å². The summed E-state index contributed by atoms with van der Waals surface area (Å²) in [5.41, 5.74) is 2.91. The Hall–Kier alpha value is -1.36. The first-order valence-corrected chi connectivity index (χ1v) is 7.17. The Bertz CT molecular complexity index is 399. The van der Waals surface area contributed by atoms with Crippen LogP contribution in [-0.2, 0) is 0 Å². The van der Waals surface area contributed by atoms with E-state index < -0.39 is 0 Å². The van der Waals surface area contributed by atoms with Crippen LogP contribution in [0.2, 0.25) is 0 Å². The van der Waals surface area contributed by atoms with Gasteiger partial charge in [-0.05, 0) is 36.7 Å². The molecular formula is C14H25N5. The zero-order valence-corrected chi connectivity index (χ0v) is 11.9. The van der Waals surface area contributed by atoms with Gasteiger partial charge in [-0.1, -0.05) is 26.7 Å². The molecule has 2 rings (SSSR count).